The van der Waals surface area contributed by atoms with E-state index in [1.165, 1.54) is 18.4 Å². The second-order valence-corrected chi connectivity index (χ2v) is 5.90. The fraction of sp³-hybridized carbons (Fsp3) is 0.333. The van der Waals surface area contributed by atoms with Crippen LogP contribution in [0, 0.1) is 0 Å². The van der Waals surface area contributed by atoms with E-state index in [1.807, 2.05) is 36.4 Å². The highest BCUT2D eigenvalue weighted by atomic mass is 35.5. The van der Waals surface area contributed by atoms with Crippen LogP contribution in [0.25, 0.3) is 0 Å². The van der Waals surface area contributed by atoms with Crippen molar-refractivity contribution in [2.75, 3.05) is 20.6 Å². The Labute approximate surface area is 132 Å². The predicted molar refractivity (Wildman–Crippen MR) is 89.5 cm³/mol. The molecule has 0 N–H and O–H groups in total. The molecule has 0 aliphatic carbocycles. The normalized spacial score (nSPS) is 10.9. The molecule has 0 aliphatic rings. The molecule has 0 bridgehead atoms. The summed E-state index contributed by atoms with van der Waals surface area (Å²) in [6.07, 6.45) is 3.57. The van der Waals surface area contributed by atoms with Gasteiger partial charge in [0, 0.05) is 5.02 Å². The molecule has 0 atom stereocenters. The smallest absolute Gasteiger partial charge is 0.127 e. The molecule has 2 aromatic rings. The van der Waals surface area contributed by atoms with Gasteiger partial charge in [0.15, 0.2) is 0 Å². The van der Waals surface area contributed by atoms with E-state index in [9.17, 15) is 0 Å². The highest BCUT2D eigenvalue weighted by Gasteiger charge is 1.99. The molecule has 0 amide bonds. The van der Waals surface area contributed by atoms with Crippen LogP contribution in [-0.4, -0.2) is 25.5 Å². The predicted octanol–water partition coefficient (Wildman–Crippen LogP) is 5.02. The van der Waals surface area contributed by atoms with Gasteiger partial charge in [0.25, 0.3) is 0 Å². The van der Waals surface area contributed by atoms with Gasteiger partial charge in [-0.1, -0.05) is 23.7 Å². The molecule has 0 fully saturated rings. The number of rotatable bonds is 7. The average Bonchev–Trinajstić information content (AvgIpc) is 2.47. The van der Waals surface area contributed by atoms with E-state index in [0.717, 1.165) is 29.5 Å². The maximum Gasteiger partial charge on any atom is 0.127 e. The maximum atomic E-state index is 5.86. The van der Waals surface area contributed by atoms with Gasteiger partial charge in [0.2, 0.25) is 0 Å². The van der Waals surface area contributed by atoms with Gasteiger partial charge in [-0.15, -0.1) is 0 Å². The van der Waals surface area contributed by atoms with Crippen molar-refractivity contribution < 1.29 is 4.74 Å². The minimum Gasteiger partial charge on any atom is -0.457 e. The van der Waals surface area contributed by atoms with Crippen molar-refractivity contribution in [3.63, 3.8) is 0 Å². The molecule has 0 aliphatic heterocycles. The Bertz CT molecular complexity index is 534. The molecule has 3 heteroatoms. The molecule has 2 nitrogen and oxygen atoms in total. The topological polar surface area (TPSA) is 12.5 Å². The van der Waals surface area contributed by atoms with Crippen molar-refractivity contribution in [2.24, 2.45) is 0 Å². The molecule has 0 unspecified atom stereocenters. The lowest BCUT2D eigenvalue weighted by molar-refractivity contribution is 0.394. The zero-order chi connectivity index (χ0) is 15.1. The van der Waals surface area contributed by atoms with Gasteiger partial charge in [0.1, 0.15) is 11.5 Å². The zero-order valence-corrected chi connectivity index (χ0v) is 13.4. The first-order valence-electron chi connectivity index (χ1n) is 7.30. The van der Waals surface area contributed by atoms with E-state index in [2.05, 4.69) is 31.1 Å². The van der Waals surface area contributed by atoms with E-state index in [4.69, 9.17) is 16.3 Å². The van der Waals surface area contributed by atoms with Gasteiger partial charge in [-0.25, -0.2) is 0 Å². The first-order chi connectivity index (χ1) is 10.1. The second kappa shape index (κ2) is 8.06. The number of ether oxygens (including phenoxy) is 1. The number of aryl methyl sites for hydroxylation is 1. The van der Waals surface area contributed by atoms with Crippen LogP contribution < -0.4 is 4.74 Å². The van der Waals surface area contributed by atoms with Crippen LogP contribution in [0.15, 0.2) is 48.5 Å². The monoisotopic (exact) mass is 303 g/mol. The molecule has 0 saturated carbocycles. The first-order valence-corrected chi connectivity index (χ1v) is 7.68. The summed E-state index contributed by atoms with van der Waals surface area (Å²) < 4.78 is 5.78. The lowest BCUT2D eigenvalue weighted by Crippen LogP contribution is -2.12. The first kappa shape index (κ1) is 15.9. The van der Waals surface area contributed by atoms with Crippen molar-refractivity contribution in [3.05, 3.63) is 59.1 Å². The molecule has 2 rings (SSSR count). The highest BCUT2D eigenvalue weighted by Crippen LogP contribution is 2.23. The number of benzene rings is 2. The number of hydrogen-bond donors (Lipinski definition) is 0. The van der Waals surface area contributed by atoms with Crippen LogP contribution in [-0.2, 0) is 6.42 Å². The quantitative estimate of drug-likeness (QED) is 0.666. The van der Waals surface area contributed by atoms with Gasteiger partial charge in [-0.2, -0.15) is 0 Å². The summed E-state index contributed by atoms with van der Waals surface area (Å²) in [6, 6.07) is 15.7. The van der Waals surface area contributed by atoms with Crippen LogP contribution in [0.5, 0.6) is 11.5 Å². The lowest BCUT2D eigenvalue weighted by Gasteiger charge is -2.09. The van der Waals surface area contributed by atoms with E-state index >= 15 is 0 Å². The van der Waals surface area contributed by atoms with Gasteiger partial charge in [-0.3, -0.25) is 0 Å². The summed E-state index contributed by atoms with van der Waals surface area (Å²) in [7, 11) is 4.23. The largest absolute Gasteiger partial charge is 0.457 e. The van der Waals surface area contributed by atoms with E-state index in [-0.39, 0.29) is 0 Å². The fourth-order valence-electron chi connectivity index (χ4n) is 2.12. The van der Waals surface area contributed by atoms with E-state index < -0.39 is 0 Å². The Balaban J connectivity index is 1.82. The molecule has 2 aromatic carbocycles. The van der Waals surface area contributed by atoms with Crippen LogP contribution in [0.2, 0.25) is 5.02 Å². The molecule has 0 aromatic heterocycles. The van der Waals surface area contributed by atoms with Crippen molar-refractivity contribution in [3.8, 4) is 11.5 Å². The van der Waals surface area contributed by atoms with Gasteiger partial charge in [-0.05, 0) is 81.9 Å². The summed E-state index contributed by atoms with van der Waals surface area (Å²) in [5.74, 6) is 1.66. The third kappa shape index (κ3) is 5.78. The van der Waals surface area contributed by atoms with Crippen LogP contribution in [0.1, 0.15) is 18.4 Å². The summed E-state index contributed by atoms with van der Waals surface area (Å²) in [4.78, 5) is 2.23. The highest BCUT2D eigenvalue weighted by molar-refractivity contribution is 6.30. The summed E-state index contributed by atoms with van der Waals surface area (Å²) in [5, 5.41) is 0.718. The van der Waals surface area contributed by atoms with Gasteiger partial charge < -0.3 is 9.64 Å². The molecule has 0 saturated heterocycles. The van der Waals surface area contributed by atoms with Crippen molar-refractivity contribution in [2.45, 2.75) is 19.3 Å². The SMILES string of the molecule is CN(C)CCCCc1ccc(Oc2ccc(Cl)cc2)cc1. The number of unbranched alkanes of at least 4 members (excludes halogenated alkanes) is 1. The molecule has 0 heterocycles. The summed E-state index contributed by atoms with van der Waals surface area (Å²) >= 11 is 5.86. The summed E-state index contributed by atoms with van der Waals surface area (Å²) in [5.41, 5.74) is 1.36. The molecule has 112 valence electrons. The van der Waals surface area contributed by atoms with Crippen molar-refractivity contribution in [1.29, 1.82) is 0 Å². The fourth-order valence-corrected chi connectivity index (χ4v) is 2.25. The molecule has 21 heavy (non-hydrogen) atoms. The Morgan fingerprint density at radius 2 is 1.43 bits per heavy atom. The van der Waals surface area contributed by atoms with Crippen LogP contribution >= 0.6 is 11.6 Å². The van der Waals surface area contributed by atoms with Crippen LogP contribution in [0.3, 0.4) is 0 Å². The van der Waals surface area contributed by atoms with E-state index in [0.29, 0.717) is 0 Å². The zero-order valence-electron chi connectivity index (χ0n) is 12.7. The Hall–Kier alpha value is -1.51. The number of halogens is 1. The summed E-state index contributed by atoms with van der Waals surface area (Å²) in [6.45, 7) is 1.15. The minimum absolute atomic E-state index is 0.718. The van der Waals surface area contributed by atoms with Crippen LogP contribution in [0.4, 0.5) is 0 Å². The standard InChI is InChI=1S/C18H22ClNO/c1-20(2)14-4-3-5-15-6-10-17(11-7-15)21-18-12-8-16(19)9-13-18/h6-13H,3-5,14H2,1-2H3. The molecule has 0 spiro atoms. The van der Waals surface area contributed by atoms with Gasteiger partial charge in [0.05, 0.1) is 0 Å². The lowest BCUT2D eigenvalue weighted by atomic mass is 10.1. The maximum absolute atomic E-state index is 5.86. The molecular weight excluding hydrogens is 282 g/mol. The average molecular weight is 304 g/mol. The number of nitrogens with zero attached hydrogens (tertiary/aromatic N) is 1. The Morgan fingerprint density at radius 1 is 0.857 bits per heavy atom. The third-order valence-corrected chi connectivity index (χ3v) is 3.55. The molecular formula is C18H22ClNO. The Morgan fingerprint density at radius 3 is 2.00 bits per heavy atom. The number of hydrogen-bond acceptors (Lipinski definition) is 2. The second-order valence-electron chi connectivity index (χ2n) is 5.46. The Kier molecular flexibility index (Phi) is 6.09. The molecule has 0 radical (unpaired) electrons. The van der Waals surface area contributed by atoms with Gasteiger partial charge >= 0.3 is 0 Å². The third-order valence-electron chi connectivity index (χ3n) is 3.29. The van der Waals surface area contributed by atoms with Crippen molar-refractivity contribution >= 4 is 11.6 Å². The van der Waals surface area contributed by atoms with Crippen molar-refractivity contribution in [1.82, 2.24) is 4.90 Å². The minimum atomic E-state index is 0.718. The van der Waals surface area contributed by atoms with E-state index in [1.54, 1.807) is 0 Å².